The van der Waals surface area contributed by atoms with Gasteiger partial charge in [-0.05, 0) is 70.1 Å². The molecule has 0 aliphatic carbocycles. The molecule has 4 amide bonds. The highest BCUT2D eigenvalue weighted by Gasteiger charge is 2.33. The number of hydrogen-bond acceptors (Lipinski definition) is 6. The van der Waals surface area contributed by atoms with Gasteiger partial charge in [0.25, 0.3) is 0 Å². The van der Waals surface area contributed by atoms with Crippen LogP contribution in [-0.4, -0.2) is 64.7 Å². The van der Waals surface area contributed by atoms with Gasteiger partial charge < -0.3 is 31.1 Å². The molecule has 0 radical (unpaired) electrons. The van der Waals surface area contributed by atoms with Crippen molar-refractivity contribution in [1.82, 2.24) is 21.3 Å². The Labute approximate surface area is 240 Å². The lowest BCUT2D eigenvalue weighted by Gasteiger charge is -2.28. The lowest BCUT2D eigenvalue weighted by molar-refractivity contribution is -0.143. The molecule has 0 unspecified atom stereocenters. The molecule has 0 saturated carbocycles. The Balaban J connectivity index is 5.84. The number of amides is 4. The number of carboxylic acid groups (broad SMARTS) is 1. The molecule has 0 aromatic carbocycles. The maximum atomic E-state index is 13.4. The van der Waals surface area contributed by atoms with E-state index in [1.54, 1.807) is 20.8 Å². The van der Waals surface area contributed by atoms with Crippen molar-refractivity contribution < 1.29 is 33.8 Å². The van der Waals surface area contributed by atoms with Gasteiger partial charge in [-0.15, -0.1) is 0 Å². The van der Waals surface area contributed by atoms with Gasteiger partial charge in [0.05, 0.1) is 0 Å². The van der Waals surface area contributed by atoms with Crippen molar-refractivity contribution in [3.63, 3.8) is 0 Å². The van der Waals surface area contributed by atoms with Gasteiger partial charge in [-0.2, -0.15) is 0 Å². The first-order chi connectivity index (χ1) is 18.2. The third-order valence-corrected chi connectivity index (χ3v) is 5.72. The van der Waals surface area contributed by atoms with Crippen LogP contribution in [-0.2, 0) is 23.9 Å². The summed E-state index contributed by atoms with van der Waals surface area (Å²) in [6, 6.07) is -3.98. The van der Waals surface area contributed by atoms with Gasteiger partial charge in [-0.3, -0.25) is 14.4 Å². The summed E-state index contributed by atoms with van der Waals surface area (Å²) in [5, 5.41) is 20.2. The average Bonchev–Trinajstić information content (AvgIpc) is 2.74. The molecule has 232 valence electrons. The van der Waals surface area contributed by atoms with Crippen LogP contribution in [0.25, 0.3) is 0 Å². The molecule has 0 aromatic rings. The molecule has 11 nitrogen and oxygen atoms in total. The normalized spacial score (nSPS) is 14.9. The summed E-state index contributed by atoms with van der Waals surface area (Å²) < 4.78 is 5.31. The molecule has 11 heteroatoms. The molecule has 0 rings (SSSR count). The van der Waals surface area contributed by atoms with Crippen molar-refractivity contribution in [2.24, 2.45) is 23.7 Å². The van der Waals surface area contributed by atoms with Crippen LogP contribution in [0.3, 0.4) is 0 Å². The number of rotatable bonds is 16. The number of carbonyl (C=O) groups is 5. The van der Waals surface area contributed by atoms with Crippen LogP contribution in [0, 0.1) is 23.7 Å². The number of alkyl carbamates (subject to hydrolysis) is 1. The highest BCUT2D eigenvalue weighted by Crippen LogP contribution is 2.13. The second-order valence-electron chi connectivity index (χ2n) is 13.2. The van der Waals surface area contributed by atoms with Crippen molar-refractivity contribution in [2.75, 3.05) is 0 Å². The van der Waals surface area contributed by atoms with Crippen LogP contribution in [0.4, 0.5) is 4.79 Å². The summed E-state index contributed by atoms with van der Waals surface area (Å²) in [7, 11) is 0. The van der Waals surface area contributed by atoms with Crippen molar-refractivity contribution in [2.45, 2.75) is 132 Å². The quantitative estimate of drug-likeness (QED) is 0.189. The average molecular weight is 571 g/mol. The third kappa shape index (κ3) is 16.3. The van der Waals surface area contributed by atoms with Crippen LogP contribution in [0.2, 0.25) is 0 Å². The summed E-state index contributed by atoms with van der Waals surface area (Å²) in [6.45, 7) is 20.3. The molecule has 5 N–H and O–H groups in total. The molecule has 0 fully saturated rings. The Bertz CT molecular complexity index is 850. The molecule has 0 aliphatic rings. The number of nitrogens with one attached hydrogen (secondary N) is 4. The number of carboxylic acids is 1. The summed E-state index contributed by atoms with van der Waals surface area (Å²) in [6.07, 6.45) is 0.411. The number of carbonyl (C=O) groups excluding carboxylic acids is 4. The number of ether oxygens (including phenoxy) is 1. The van der Waals surface area contributed by atoms with E-state index in [0.29, 0.717) is 12.8 Å². The zero-order valence-electron chi connectivity index (χ0n) is 26.3. The molecule has 0 saturated heterocycles. The molecule has 40 heavy (non-hydrogen) atoms. The van der Waals surface area contributed by atoms with Crippen LogP contribution in [0.15, 0.2) is 0 Å². The smallest absolute Gasteiger partial charge is 0.408 e. The van der Waals surface area contributed by atoms with Gasteiger partial charge in [-0.25, -0.2) is 9.59 Å². The zero-order valence-corrected chi connectivity index (χ0v) is 26.3. The van der Waals surface area contributed by atoms with Gasteiger partial charge in [0.15, 0.2) is 0 Å². The van der Waals surface area contributed by atoms with Crippen LogP contribution >= 0.6 is 0 Å². The van der Waals surface area contributed by atoms with E-state index in [1.165, 1.54) is 0 Å². The second kappa shape index (κ2) is 17.1. The monoisotopic (exact) mass is 570 g/mol. The minimum absolute atomic E-state index is 0.0241. The molecular weight excluding hydrogens is 516 g/mol. The molecule has 0 heterocycles. The predicted octanol–water partition coefficient (Wildman–Crippen LogP) is 3.60. The summed E-state index contributed by atoms with van der Waals surface area (Å²) in [5.41, 5.74) is -0.746. The van der Waals surface area contributed by atoms with Crippen molar-refractivity contribution in [3.8, 4) is 0 Å². The molecule has 0 spiro atoms. The van der Waals surface area contributed by atoms with E-state index in [0.717, 1.165) is 0 Å². The number of hydrogen-bond donors (Lipinski definition) is 5. The van der Waals surface area contributed by atoms with Gasteiger partial charge in [0, 0.05) is 0 Å². The lowest BCUT2D eigenvalue weighted by Crippen LogP contribution is -2.58. The van der Waals surface area contributed by atoms with Gasteiger partial charge >= 0.3 is 12.1 Å². The first-order valence-corrected chi connectivity index (χ1v) is 14.3. The Morgan fingerprint density at radius 3 is 1.10 bits per heavy atom. The topological polar surface area (TPSA) is 163 Å². The Morgan fingerprint density at radius 2 is 0.825 bits per heavy atom. The molecule has 0 bridgehead atoms. The fourth-order valence-electron chi connectivity index (χ4n) is 4.07. The van der Waals surface area contributed by atoms with E-state index < -0.39 is 59.6 Å². The third-order valence-electron chi connectivity index (χ3n) is 5.72. The fraction of sp³-hybridized carbons (Fsp3) is 0.828. The highest BCUT2D eigenvalue weighted by atomic mass is 16.6. The van der Waals surface area contributed by atoms with E-state index in [-0.39, 0.29) is 36.5 Å². The number of aliphatic carboxylic acids is 1. The Kier molecular flexibility index (Phi) is 15.9. The Morgan fingerprint density at radius 1 is 0.550 bits per heavy atom. The molecular formula is C29H54N4O7. The maximum absolute atomic E-state index is 13.4. The van der Waals surface area contributed by atoms with Crippen molar-refractivity contribution in [1.29, 1.82) is 0 Å². The maximum Gasteiger partial charge on any atom is 0.408 e. The van der Waals surface area contributed by atoms with E-state index in [1.807, 2.05) is 55.4 Å². The largest absolute Gasteiger partial charge is 0.480 e. The summed E-state index contributed by atoms with van der Waals surface area (Å²) in [4.78, 5) is 63.9. The van der Waals surface area contributed by atoms with E-state index in [4.69, 9.17) is 4.74 Å². The lowest BCUT2D eigenvalue weighted by atomic mass is 9.98. The zero-order chi connectivity index (χ0) is 31.4. The summed E-state index contributed by atoms with van der Waals surface area (Å²) >= 11 is 0. The van der Waals surface area contributed by atoms with Crippen LogP contribution in [0.5, 0.6) is 0 Å². The van der Waals surface area contributed by atoms with E-state index in [2.05, 4.69) is 21.3 Å². The predicted molar refractivity (Wildman–Crippen MR) is 154 cm³/mol. The summed E-state index contributed by atoms with van der Waals surface area (Å²) in [5.74, 6) is -2.67. The van der Waals surface area contributed by atoms with Gasteiger partial charge in [0.1, 0.15) is 29.8 Å². The first kappa shape index (κ1) is 37.1. The van der Waals surface area contributed by atoms with Crippen LogP contribution in [0.1, 0.15) is 102 Å². The van der Waals surface area contributed by atoms with Crippen molar-refractivity contribution >= 4 is 29.8 Å². The SMILES string of the molecule is CC(C)C[C@H](NC(=O)[C@H](CC(C)C)NC(=O)[C@H](CC(C)C)NC(=O)[C@H](CC(C)C)NC(=O)OC(C)(C)C)C(=O)O. The van der Waals surface area contributed by atoms with Gasteiger partial charge in [-0.1, -0.05) is 55.4 Å². The highest BCUT2D eigenvalue weighted by molar-refractivity contribution is 5.94. The van der Waals surface area contributed by atoms with E-state index >= 15 is 0 Å². The van der Waals surface area contributed by atoms with Gasteiger partial charge in [0.2, 0.25) is 17.7 Å². The Hall–Kier alpha value is -2.85. The minimum Gasteiger partial charge on any atom is -0.480 e. The second-order valence-corrected chi connectivity index (χ2v) is 13.2. The van der Waals surface area contributed by atoms with Crippen LogP contribution < -0.4 is 21.3 Å². The van der Waals surface area contributed by atoms with E-state index in [9.17, 15) is 29.1 Å². The fourth-order valence-corrected chi connectivity index (χ4v) is 4.07. The minimum atomic E-state index is -1.14. The molecule has 4 atom stereocenters. The molecule has 0 aliphatic heterocycles. The van der Waals surface area contributed by atoms with Crippen molar-refractivity contribution in [3.05, 3.63) is 0 Å². The first-order valence-electron chi connectivity index (χ1n) is 14.3. The molecule has 0 aromatic heterocycles. The standard InChI is InChI=1S/C29H54N4O7/c1-16(2)12-20(31-26(36)22(14-18(5)6)33-28(39)40-29(9,10)11)24(34)30-21(13-17(3)4)25(35)32-23(27(37)38)15-19(7)8/h16-23H,12-15H2,1-11H3,(H,30,34)(H,31,36)(H,32,35)(H,33,39)(H,37,38)/t20-,21-,22-,23-/m0/s1.